The number of aliphatic hydroxyl groups excluding tert-OH is 8. The van der Waals surface area contributed by atoms with Crippen molar-refractivity contribution in [2.45, 2.75) is 61.4 Å². The van der Waals surface area contributed by atoms with Crippen LogP contribution in [0.5, 0.6) is 0 Å². The molecular formula is C12H22O11. The number of aliphatic hydroxyl groups is 8. The Labute approximate surface area is 130 Å². The first-order valence-corrected chi connectivity index (χ1v) is 7.08. The van der Waals surface area contributed by atoms with Gasteiger partial charge in [0.2, 0.25) is 0 Å². The van der Waals surface area contributed by atoms with Crippen LogP contribution in [-0.2, 0) is 14.2 Å². The summed E-state index contributed by atoms with van der Waals surface area (Å²) in [6, 6.07) is 0. The van der Waals surface area contributed by atoms with Gasteiger partial charge in [-0.15, -0.1) is 0 Å². The van der Waals surface area contributed by atoms with E-state index in [1.54, 1.807) is 0 Å². The van der Waals surface area contributed by atoms with Crippen molar-refractivity contribution in [3.8, 4) is 0 Å². The predicted molar refractivity (Wildman–Crippen MR) is 68.6 cm³/mol. The zero-order valence-electron chi connectivity index (χ0n) is 12.0. The third-order valence-corrected chi connectivity index (χ3v) is 3.97. The molecule has 0 aromatic heterocycles. The van der Waals surface area contributed by atoms with Crippen molar-refractivity contribution >= 4 is 0 Å². The molecule has 2 aliphatic heterocycles. The maximum Gasteiger partial charge on any atom is 0.189 e. The second-order valence-corrected chi connectivity index (χ2v) is 5.53. The zero-order chi connectivity index (χ0) is 17.3. The Morgan fingerprint density at radius 2 is 0.913 bits per heavy atom. The van der Waals surface area contributed by atoms with Gasteiger partial charge in [0.25, 0.3) is 0 Å². The second kappa shape index (κ2) is 7.63. The second-order valence-electron chi connectivity index (χ2n) is 5.53. The van der Waals surface area contributed by atoms with Gasteiger partial charge in [-0.25, -0.2) is 0 Å². The number of rotatable bonds is 4. The first kappa shape index (κ1) is 18.9. The molecule has 8 N–H and O–H groups in total. The molecule has 0 aromatic rings. The van der Waals surface area contributed by atoms with Gasteiger partial charge in [-0.05, 0) is 0 Å². The Morgan fingerprint density at radius 3 is 1.22 bits per heavy atom. The minimum Gasteiger partial charge on any atom is -0.394 e. The minimum absolute atomic E-state index is 0.667. The monoisotopic (exact) mass is 342 g/mol. The molecule has 0 bridgehead atoms. The molecule has 2 fully saturated rings. The maximum atomic E-state index is 9.84. The van der Waals surface area contributed by atoms with Crippen molar-refractivity contribution in [3.63, 3.8) is 0 Å². The highest BCUT2D eigenvalue weighted by Gasteiger charge is 2.49. The molecule has 0 radical (unpaired) electrons. The average molecular weight is 342 g/mol. The van der Waals surface area contributed by atoms with Crippen LogP contribution in [0.15, 0.2) is 0 Å². The molecule has 10 atom stereocenters. The Kier molecular flexibility index (Phi) is 6.27. The van der Waals surface area contributed by atoms with Gasteiger partial charge < -0.3 is 55.1 Å². The normalized spacial score (nSPS) is 51.7. The molecule has 2 heterocycles. The standard InChI is InChI=1S/C12H22O11/c13-1-3-5(15)7(17)9(19)11(21-3)23-12-10(20)8(18)6(16)4(2-14)22-12/h3-20H,1-2H2/t3?,4?,5-,6-,7-,8+,9?,10?,11-,12-/m1/s1. The number of hydrogen-bond acceptors (Lipinski definition) is 11. The van der Waals surface area contributed by atoms with Crippen LogP contribution in [-0.4, -0.2) is 115 Å². The summed E-state index contributed by atoms with van der Waals surface area (Å²) in [5.74, 6) is 0. The van der Waals surface area contributed by atoms with E-state index in [2.05, 4.69) is 0 Å². The topological polar surface area (TPSA) is 190 Å². The lowest BCUT2D eigenvalue weighted by Crippen LogP contribution is -2.63. The first-order chi connectivity index (χ1) is 10.8. The Bertz CT molecular complexity index is 344. The molecule has 11 heteroatoms. The van der Waals surface area contributed by atoms with Crippen LogP contribution in [0, 0.1) is 0 Å². The summed E-state index contributed by atoms with van der Waals surface area (Å²) < 4.78 is 15.3. The van der Waals surface area contributed by atoms with E-state index in [0.717, 1.165) is 0 Å². The lowest BCUT2D eigenvalue weighted by Gasteiger charge is -2.44. The number of ether oxygens (including phenoxy) is 3. The molecule has 0 saturated carbocycles. The fraction of sp³-hybridized carbons (Fsp3) is 1.00. The van der Waals surface area contributed by atoms with Crippen molar-refractivity contribution in [1.29, 1.82) is 0 Å². The summed E-state index contributed by atoms with van der Waals surface area (Å²) in [5.41, 5.74) is 0. The highest BCUT2D eigenvalue weighted by molar-refractivity contribution is 4.92. The molecule has 0 amide bonds. The fourth-order valence-electron chi connectivity index (χ4n) is 2.49. The van der Waals surface area contributed by atoms with Crippen molar-refractivity contribution in [2.75, 3.05) is 13.2 Å². The molecule has 2 aliphatic rings. The summed E-state index contributed by atoms with van der Waals surface area (Å²) in [6.07, 6.45) is -15.6. The highest BCUT2D eigenvalue weighted by Crippen LogP contribution is 2.27. The molecule has 4 unspecified atom stereocenters. The van der Waals surface area contributed by atoms with Gasteiger partial charge in [-0.3, -0.25) is 0 Å². The van der Waals surface area contributed by atoms with Crippen LogP contribution in [0.1, 0.15) is 0 Å². The predicted octanol–water partition coefficient (Wildman–Crippen LogP) is -5.40. The molecule has 0 aliphatic carbocycles. The molecule has 0 aromatic carbocycles. The van der Waals surface area contributed by atoms with E-state index in [-0.39, 0.29) is 0 Å². The van der Waals surface area contributed by atoms with Gasteiger partial charge in [0.05, 0.1) is 13.2 Å². The van der Waals surface area contributed by atoms with Crippen LogP contribution in [0.25, 0.3) is 0 Å². The molecule has 2 rings (SSSR count). The minimum atomic E-state index is -1.72. The molecular weight excluding hydrogens is 320 g/mol. The van der Waals surface area contributed by atoms with Crippen LogP contribution >= 0.6 is 0 Å². The lowest BCUT2D eigenvalue weighted by molar-refractivity contribution is -0.376. The first-order valence-electron chi connectivity index (χ1n) is 7.08. The van der Waals surface area contributed by atoms with Crippen molar-refractivity contribution < 1.29 is 55.1 Å². The van der Waals surface area contributed by atoms with Gasteiger partial charge in [0, 0.05) is 0 Å². The van der Waals surface area contributed by atoms with Gasteiger partial charge in [0.15, 0.2) is 12.6 Å². The van der Waals surface area contributed by atoms with E-state index in [9.17, 15) is 30.6 Å². The van der Waals surface area contributed by atoms with E-state index >= 15 is 0 Å². The summed E-state index contributed by atoms with van der Waals surface area (Å²) in [7, 11) is 0. The van der Waals surface area contributed by atoms with E-state index in [1.807, 2.05) is 0 Å². The van der Waals surface area contributed by atoms with Crippen LogP contribution in [0.4, 0.5) is 0 Å². The van der Waals surface area contributed by atoms with Gasteiger partial charge >= 0.3 is 0 Å². The van der Waals surface area contributed by atoms with Gasteiger partial charge in [-0.2, -0.15) is 0 Å². The van der Waals surface area contributed by atoms with Crippen LogP contribution < -0.4 is 0 Å². The zero-order valence-corrected chi connectivity index (χ0v) is 12.0. The van der Waals surface area contributed by atoms with E-state index in [4.69, 9.17) is 24.4 Å². The molecule has 2 saturated heterocycles. The van der Waals surface area contributed by atoms with Gasteiger partial charge in [-0.1, -0.05) is 0 Å². The average Bonchev–Trinajstić information content (AvgIpc) is 2.55. The summed E-state index contributed by atoms with van der Waals surface area (Å²) in [4.78, 5) is 0. The molecule has 23 heavy (non-hydrogen) atoms. The molecule has 0 spiro atoms. The fourth-order valence-corrected chi connectivity index (χ4v) is 2.49. The third kappa shape index (κ3) is 3.65. The van der Waals surface area contributed by atoms with E-state index in [0.29, 0.717) is 0 Å². The summed E-state index contributed by atoms with van der Waals surface area (Å²) in [6.45, 7) is -1.33. The van der Waals surface area contributed by atoms with E-state index < -0.39 is 74.6 Å². The van der Waals surface area contributed by atoms with Crippen LogP contribution in [0.2, 0.25) is 0 Å². The highest BCUT2D eigenvalue weighted by atomic mass is 16.8. The third-order valence-electron chi connectivity index (χ3n) is 3.97. The lowest BCUT2D eigenvalue weighted by atomic mass is 9.98. The largest absolute Gasteiger partial charge is 0.394 e. The SMILES string of the molecule is OCC1O[C@H](O[C@H]2OC(CO)[C@@H](O)[C@@H](O)C2O)C(O)[C@@H](O)[C@@H]1O. The molecule has 11 nitrogen and oxygen atoms in total. The Hall–Kier alpha value is -0.440. The van der Waals surface area contributed by atoms with Gasteiger partial charge in [0.1, 0.15) is 48.8 Å². The van der Waals surface area contributed by atoms with Crippen molar-refractivity contribution in [3.05, 3.63) is 0 Å². The Morgan fingerprint density at radius 1 is 0.565 bits per heavy atom. The van der Waals surface area contributed by atoms with Crippen molar-refractivity contribution in [2.24, 2.45) is 0 Å². The molecule has 136 valence electrons. The summed E-state index contributed by atoms with van der Waals surface area (Å²) >= 11 is 0. The van der Waals surface area contributed by atoms with E-state index in [1.165, 1.54) is 0 Å². The summed E-state index contributed by atoms with van der Waals surface area (Å²) in [5, 5.41) is 76.4. The maximum absolute atomic E-state index is 9.84. The quantitative estimate of drug-likeness (QED) is 0.243. The van der Waals surface area contributed by atoms with Crippen LogP contribution in [0.3, 0.4) is 0 Å². The Balaban J connectivity index is 2.07. The smallest absolute Gasteiger partial charge is 0.189 e. The number of hydrogen-bond donors (Lipinski definition) is 8. The van der Waals surface area contributed by atoms with Crippen molar-refractivity contribution in [1.82, 2.24) is 0 Å².